The lowest BCUT2D eigenvalue weighted by atomic mass is 9.96. The second kappa shape index (κ2) is 6.49. The van der Waals surface area contributed by atoms with E-state index in [1.54, 1.807) is 19.1 Å². The van der Waals surface area contributed by atoms with Crippen molar-refractivity contribution in [3.05, 3.63) is 65.6 Å². The maximum atomic E-state index is 13.0. The highest BCUT2D eigenvalue weighted by molar-refractivity contribution is 6.16. The zero-order chi connectivity index (χ0) is 18.0. The summed E-state index contributed by atoms with van der Waals surface area (Å²) in [6, 6.07) is 8.57. The fourth-order valence-electron chi connectivity index (χ4n) is 2.22. The molecule has 3 aromatic rings. The Kier molecular flexibility index (Phi) is 4.22. The molecule has 124 valence electrons. The van der Waals surface area contributed by atoms with Crippen molar-refractivity contribution in [1.82, 2.24) is 15.0 Å². The second-order valence-corrected chi connectivity index (χ2v) is 5.22. The minimum absolute atomic E-state index is 0.0363. The lowest BCUT2D eigenvalue weighted by molar-refractivity contribution is 0.0825. The number of halogens is 1. The summed E-state index contributed by atoms with van der Waals surface area (Å²) in [6.07, 6.45) is 2.46. The van der Waals surface area contributed by atoms with Gasteiger partial charge in [-0.25, -0.2) is 4.39 Å². The molecule has 2 aromatic heterocycles. The maximum Gasteiger partial charge on any atom is 0.223 e. The molecule has 0 saturated heterocycles. The van der Waals surface area contributed by atoms with Gasteiger partial charge in [-0.2, -0.15) is 15.2 Å². The SMILES string of the molecule is Cc1ccoc1C(=O)[C@H](C#N)C(=O)c1cnn(-c2ccc(F)cc2)n1. The van der Waals surface area contributed by atoms with E-state index in [1.807, 2.05) is 0 Å². The fourth-order valence-corrected chi connectivity index (χ4v) is 2.22. The molecule has 1 aromatic carbocycles. The van der Waals surface area contributed by atoms with E-state index in [0.29, 0.717) is 11.3 Å². The van der Waals surface area contributed by atoms with Crippen LogP contribution in [0.1, 0.15) is 26.6 Å². The van der Waals surface area contributed by atoms with Crippen LogP contribution in [0.2, 0.25) is 0 Å². The van der Waals surface area contributed by atoms with Crippen LogP contribution in [0.4, 0.5) is 4.39 Å². The summed E-state index contributed by atoms with van der Waals surface area (Å²) in [5.41, 5.74) is 0.823. The van der Waals surface area contributed by atoms with Gasteiger partial charge in [-0.3, -0.25) is 9.59 Å². The number of aromatic nitrogens is 3. The van der Waals surface area contributed by atoms with Gasteiger partial charge in [0.15, 0.2) is 17.4 Å². The molecule has 0 aliphatic carbocycles. The summed E-state index contributed by atoms with van der Waals surface area (Å²) >= 11 is 0. The van der Waals surface area contributed by atoms with Gasteiger partial charge in [-0.15, -0.1) is 5.10 Å². The molecule has 7 nitrogen and oxygen atoms in total. The third-order valence-corrected chi connectivity index (χ3v) is 3.54. The van der Waals surface area contributed by atoms with Crippen LogP contribution in [0, 0.1) is 30.0 Å². The van der Waals surface area contributed by atoms with Gasteiger partial charge in [0.05, 0.1) is 24.2 Å². The van der Waals surface area contributed by atoms with Crippen LogP contribution in [-0.2, 0) is 0 Å². The maximum absolute atomic E-state index is 13.0. The first-order chi connectivity index (χ1) is 12.0. The molecule has 3 rings (SSSR count). The number of Topliss-reactive ketones (excluding diaryl/α,β-unsaturated/α-hetero) is 2. The summed E-state index contributed by atoms with van der Waals surface area (Å²) in [4.78, 5) is 25.9. The Morgan fingerprint density at radius 1 is 1.24 bits per heavy atom. The Hall–Kier alpha value is -3.60. The first kappa shape index (κ1) is 16.3. The van der Waals surface area contributed by atoms with Crippen LogP contribution >= 0.6 is 0 Å². The number of aryl methyl sites for hydroxylation is 1. The zero-order valence-corrected chi connectivity index (χ0v) is 13.0. The summed E-state index contributed by atoms with van der Waals surface area (Å²) in [7, 11) is 0. The largest absolute Gasteiger partial charge is 0.461 e. The Morgan fingerprint density at radius 2 is 1.96 bits per heavy atom. The number of furan rings is 1. The van der Waals surface area contributed by atoms with Gasteiger partial charge in [-0.05, 0) is 42.8 Å². The monoisotopic (exact) mass is 338 g/mol. The molecule has 1 atom stereocenters. The highest BCUT2D eigenvalue weighted by Gasteiger charge is 2.33. The lowest BCUT2D eigenvalue weighted by Crippen LogP contribution is -2.23. The van der Waals surface area contributed by atoms with Crippen molar-refractivity contribution in [2.75, 3.05) is 0 Å². The number of hydrogen-bond donors (Lipinski definition) is 0. The molecule has 8 heteroatoms. The van der Waals surface area contributed by atoms with Crippen LogP contribution in [-0.4, -0.2) is 26.6 Å². The molecule has 2 heterocycles. The molecule has 0 radical (unpaired) electrons. The Morgan fingerprint density at radius 3 is 2.56 bits per heavy atom. The Bertz CT molecular complexity index is 982. The number of nitriles is 1. The number of ketones is 2. The van der Waals surface area contributed by atoms with Crippen LogP contribution in [0.5, 0.6) is 0 Å². The van der Waals surface area contributed by atoms with Gasteiger partial charge in [0.2, 0.25) is 11.6 Å². The van der Waals surface area contributed by atoms with E-state index in [1.165, 1.54) is 30.5 Å². The van der Waals surface area contributed by atoms with E-state index >= 15 is 0 Å². The van der Waals surface area contributed by atoms with Gasteiger partial charge in [-0.1, -0.05) is 0 Å². The van der Waals surface area contributed by atoms with Crippen LogP contribution in [0.25, 0.3) is 5.69 Å². The third kappa shape index (κ3) is 3.07. The molecule has 0 aliphatic heterocycles. The van der Waals surface area contributed by atoms with Crippen molar-refractivity contribution in [3.63, 3.8) is 0 Å². The fraction of sp³-hybridized carbons (Fsp3) is 0.118. The number of hydrogen-bond acceptors (Lipinski definition) is 6. The first-order valence-corrected chi connectivity index (χ1v) is 7.21. The highest BCUT2D eigenvalue weighted by atomic mass is 19.1. The standard InChI is InChI=1S/C17H11FN4O3/c1-10-6-7-25-17(10)16(24)13(8-19)15(23)14-9-20-22(21-14)12-4-2-11(18)3-5-12/h2-7,9,13H,1H3/t13-/m1/s1. The quantitative estimate of drug-likeness (QED) is 0.523. The van der Waals surface area contributed by atoms with E-state index in [-0.39, 0.29) is 11.5 Å². The summed E-state index contributed by atoms with van der Waals surface area (Å²) in [6.45, 7) is 1.64. The van der Waals surface area contributed by atoms with Gasteiger partial charge >= 0.3 is 0 Å². The molecule has 0 fully saturated rings. The van der Waals surface area contributed by atoms with Crippen molar-refractivity contribution in [2.45, 2.75) is 6.92 Å². The number of rotatable bonds is 5. The van der Waals surface area contributed by atoms with E-state index < -0.39 is 23.3 Å². The molecule has 0 amide bonds. The number of benzene rings is 1. The molecular formula is C17H11FN4O3. The summed E-state index contributed by atoms with van der Waals surface area (Å²) < 4.78 is 18.0. The van der Waals surface area contributed by atoms with Gasteiger partial charge < -0.3 is 4.42 Å². The molecule has 0 N–H and O–H groups in total. The molecule has 0 aliphatic rings. The van der Waals surface area contributed by atoms with E-state index in [9.17, 15) is 19.2 Å². The molecular weight excluding hydrogens is 327 g/mol. The molecule has 0 bridgehead atoms. The van der Waals surface area contributed by atoms with Crippen molar-refractivity contribution < 1.29 is 18.4 Å². The minimum Gasteiger partial charge on any atom is -0.461 e. The van der Waals surface area contributed by atoms with Crippen LogP contribution < -0.4 is 0 Å². The van der Waals surface area contributed by atoms with Crippen LogP contribution in [0.15, 0.2) is 47.2 Å². The van der Waals surface area contributed by atoms with Gasteiger partial charge in [0.25, 0.3) is 0 Å². The van der Waals surface area contributed by atoms with E-state index in [4.69, 9.17) is 4.42 Å². The second-order valence-electron chi connectivity index (χ2n) is 5.22. The summed E-state index contributed by atoms with van der Waals surface area (Å²) in [5.74, 6) is -3.55. The van der Waals surface area contributed by atoms with Gasteiger partial charge in [0.1, 0.15) is 5.82 Å². The predicted octanol–water partition coefficient (Wildman–Crippen LogP) is 2.51. The number of carbonyl (C=O) groups excluding carboxylic acids is 2. The Balaban J connectivity index is 1.87. The van der Waals surface area contributed by atoms with Crippen molar-refractivity contribution >= 4 is 11.6 Å². The first-order valence-electron chi connectivity index (χ1n) is 7.21. The van der Waals surface area contributed by atoms with Crippen molar-refractivity contribution in [1.29, 1.82) is 5.26 Å². The Labute approximate surface area is 141 Å². The average molecular weight is 338 g/mol. The molecule has 25 heavy (non-hydrogen) atoms. The van der Waals surface area contributed by atoms with Gasteiger partial charge in [0, 0.05) is 0 Å². The minimum atomic E-state index is -1.58. The average Bonchev–Trinajstić information content (AvgIpc) is 3.25. The van der Waals surface area contributed by atoms with Crippen molar-refractivity contribution in [3.8, 4) is 11.8 Å². The number of nitrogens with zero attached hydrogens (tertiary/aromatic N) is 4. The molecule has 0 spiro atoms. The number of carbonyl (C=O) groups is 2. The normalized spacial score (nSPS) is 11.7. The lowest BCUT2D eigenvalue weighted by Gasteiger charge is -2.04. The van der Waals surface area contributed by atoms with Crippen molar-refractivity contribution in [2.24, 2.45) is 5.92 Å². The zero-order valence-electron chi connectivity index (χ0n) is 13.0. The smallest absolute Gasteiger partial charge is 0.223 e. The van der Waals surface area contributed by atoms with E-state index in [2.05, 4.69) is 10.2 Å². The van der Waals surface area contributed by atoms with E-state index in [0.717, 1.165) is 11.0 Å². The summed E-state index contributed by atoms with van der Waals surface area (Å²) in [5, 5.41) is 17.1. The predicted molar refractivity (Wildman–Crippen MR) is 82.5 cm³/mol. The molecule has 0 unspecified atom stereocenters. The third-order valence-electron chi connectivity index (χ3n) is 3.54. The highest BCUT2D eigenvalue weighted by Crippen LogP contribution is 2.18. The van der Waals surface area contributed by atoms with Crippen LogP contribution in [0.3, 0.4) is 0 Å². The topological polar surface area (TPSA) is 102 Å². The molecule has 0 saturated carbocycles.